The number of H-pyrrole nitrogens is 1. The Morgan fingerprint density at radius 3 is 2.51 bits per heavy atom. The minimum absolute atomic E-state index is 0.174. The molecule has 0 spiro atoms. The van der Waals surface area contributed by atoms with Gasteiger partial charge in [0.2, 0.25) is 0 Å². The summed E-state index contributed by atoms with van der Waals surface area (Å²) in [5, 5.41) is 15.5. The van der Waals surface area contributed by atoms with E-state index in [1.165, 1.54) is 11.8 Å². The molecule has 4 rings (SSSR count). The molecule has 1 aliphatic heterocycles. The first-order valence-electron chi connectivity index (χ1n) is 11.6. The van der Waals surface area contributed by atoms with Gasteiger partial charge in [-0.25, -0.2) is 4.79 Å². The van der Waals surface area contributed by atoms with Gasteiger partial charge in [-0.15, -0.1) is 0 Å². The predicted octanol–water partition coefficient (Wildman–Crippen LogP) is 3.43. The maximum atomic E-state index is 12.8. The van der Waals surface area contributed by atoms with Crippen molar-refractivity contribution in [3.05, 3.63) is 76.6 Å². The van der Waals surface area contributed by atoms with Gasteiger partial charge in [0.1, 0.15) is 5.69 Å². The van der Waals surface area contributed by atoms with Crippen LogP contribution in [0.3, 0.4) is 0 Å². The Balaban J connectivity index is 1.26. The molecule has 0 bridgehead atoms. The van der Waals surface area contributed by atoms with E-state index >= 15 is 0 Å². The van der Waals surface area contributed by atoms with Gasteiger partial charge in [0, 0.05) is 50.0 Å². The van der Waals surface area contributed by atoms with E-state index in [9.17, 15) is 9.59 Å². The second kappa shape index (κ2) is 11.8. The Hall–Kier alpha value is -3.40. The number of benzene rings is 2. The highest BCUT2D eigenvalue weighted by Crippen LogP contribution is 2.17. The first-order valence-corrected chi connectivity index (χ1v) is 12.0. The van der Waals surface area contributed by atoms with Crippen molar-refractivity contribution in [2.45, 2.75) is 13.0 Å². The number of nitrogens with zero attached hydrogens (tertiary/aromatic N) is 3. The third-order valence-electron chi connectivity index (χ3n) is 5.97. The number of carbonyl (C=O) groups excluding carboxylic acids is 2. The second-order valence-corrected chi connectivity index (χ2v) is 9.02. The van der Waals surface area contributed by atoms with Crippen LogP contribution >= 0.6 is 11.6 Å². The van der Waals surface area contributed by atoms with Crippen molar-refractivity contribution in [3.63, 3.8) is 0 Å². The van der Waals surface area contributed by atoms with Crippen LogP contribution in [-0.2, 0) is 13.0 Å². The van der Waals surface area contributed by atoms with Crippen molar-refractivity contribution in [1.29, 1.82) is 0 Å². The molecule has 0 saturated carbocycles. The minimum atomic E-state index is -0.430. The monoisotopic (exact) mass is 495 g/mol. The summed E-state index contributed by atoms with van der Waals surface area (Å²) < 4.78 is 0. The smallest absolute Gasteiger partial charge is 0.319 e. The second-order valence-electron chi connectivity index (χ2n) is 8.61. The molecule has 0 aliphatic carbocycles. The summed E-state index contributed by atoms with van der Waals surface area (Å²) in [7, 11) is 2.14. The molecule has 2 aromatic carbocycles. The summed E-state index contributed by atoms with van der Waals surface area (Å²) in [6.07, 6.45) is 2.00. The Bertz CT molecular complexity index is 1140. The molecule has 4 N–H and O–H groups in total. The van der Waals surface area contributed by atoms with Gasteiger partial charge in [0.05, 0.1) is 11.9 Å². The van der Waals surface area contributed by atoms with E-state index in [0.29, 0.717) is 29.4 Å². The molecule has 0 unspecified atom stereocenters. The van der Waals surface area contributed by atoms with Crippen LogP contribution in [0.1, 0.15) is 21.6 Å². The van der Waals surface area contributed by atoms with E-state index in [4.69, 9.17) is 11.6 Å². The highest BCUT2D eigenvalue weighted by atomic mass is 35.5. The number of amides is 3. The molecule has 3 amide bonds. The van der Waals surface area contributed by atoms with Crippen molar-refractivity contribution in [3.8, 4) is 0 Å². The van der Waals surface area contributed by atoms with E-state index in [1.54, 1.807) is 0 Å². The van der Waals surface area contributed by atoms with E-state index in [0.717, 1.165) is 38.3 Å². The average Bonchev–Trinajstić information content (AvgIpc) is 3.31. The third kappa shape index (κ3) is 7.05. The van der Waals surface area contributed by atoms with Gasteiger partial charge in [-0.2, -0.15) is 5.10 Å². The van der Waals surface area contributed by atoms with Crippen molar-refractivity contribution in [2.75, 3.05) is 50.4 Å². The van der Waals surface area contributed by atoms with E-state index in [2.05, 4.69) is 43.0 Å². The standard InChI is InChI=1S/C25H30ClN7O2/c1-32-12-14-33(15-13-32)17-18-6-8-20(9-7-18)29-24(34)23-22(16-28-31-23)30-25(35)27-11-10-19-4-2-3-5-21(19)26/h2-9,16H,10-15,17H2,1H3,(H,28,31)(H,29,34)(H2,27,30,35). The number of carbonyl (C=O) groups is 2. The van der Waals surface area contributed by atoms with Crippen LogP contribution < -0.4 is 16.0 Å². The zero-order valence-electron chi connectivity index (χ0n) is 19.7. The Morgan fingerprint density at radius 2 is 1.77 bits per heavy atom. The molecule has 1 fully saturated rings. The number of hydrogen-bond donors (Lipinski definition) is 4. The van der Waals surface area contributed by atoms with E-state index in [-0.39, 0.29) is 11.6 Å². The summed E-state index contributed by atoms with van der Waals surface area (Å²) in [4.78, 5) is 29.8. The van der Waals surface area contributed by atoms with Crippen molar-refractivity contribution in [1.82, 2.24) is 25.3 Å². The lowest BCUT2D eigenvalue weighted by molar-refractivity contribution is 0.102. The van der Waals surface area contributed by atoms with Gasteiger partial charge in [0.25, 0.3) is 5.91 Å². The van der Waals surface area contributed by atoms with E-state index in [1.807, 2.05) is 48.5 Å². The summed E-state index contributed by atoms with van der Waals surface area (Å²) in [5.74, 6) is -0.388. The first-order chi connectivity index (χ1) is 17.0. The molecule has 1 aliphatic rings. The van der Waals surface area contributed by atoms with Crippen LogP contribution in [0, 0.1) is 0 Å². The lowest BCUT2D eigenvalue weighted by atomic mass is 10.1. The van der Waals surface area contributed by atoms with Gasteiger partial charge in [-0.3, -0.25) is 14.8 Å². The topological polar surface area (TPSA) is 105 Å². The number of nitrogens with one attached hydrogen (secondary N) is 4. The fourth-order valence-electron chi connectivity index (χ4n) is 3.88. The highest BCUT2D eigenvalue weighted by Gasteiger charge is 2.17. The molecule has 35 heavy (non-hydrogen) atoms. The number of halogens is 1. The number of likely N-dealkylation sites (N-methyl/N-ethyl adjacent to an activating group) is 1. The average molecular weight is 496 g/mol. The lowest BCUT2D eigenvalue weighted by Gasteiger charge is -2.32. The largest absolute Gasteiger partial charge is 0.338 e. The molecular weight excluding hydrogens is 466 g/mol. The third-order valence-corrected chi connectivity index (χ3v) is 6.33. The van der Waals surface area contributed by atoms with Crippen molar-refractivity contribution < 1.29 is 9.59 Å². The molecule has 0 radical (unpaired) electrons. The van der Waals surface area contributed by atoms with Gasteiger partial charge >= 0.3 is 6.03 Å². The van der Waals surface area contributed by atoms with Crippen LogP contribution in [0.5, 0.6) is 0 Å². The molecule has 1 saturated heterocycles. The van der Waals surface area contributed by atoms with Crippen LogP contribution in [-0.4, -0.2) is 71.7 Å². The normalized spacial score (nSPS) is 14.5. The fraction of sp³-hybridized carbons (Fsp3) is 0.320. The Kier molecular flexibility index (Phi) is 8.36. The molecule has 0 atom stereocenters. The van der Waals surface area contributed by atoms with Crippen LogP contribution in [0.4, 0.5) is 16.2 Å². The quantitative estimate of drug-likeness (QED) is 0.383. The number of aromatic nitrogens is 2. The molecule has 2 heterocycles. The number of piperazine rings is 1. The molecule has 1 aromatic heterocycles. The lowest BCUT2D eigenvalue weighted by Crippen LogP contribution is -2.43. The van der Waals surface area contributed by atoms with Gasteiger partial charge in [-0.1, -0.05) is 41.9 Å². The number of urea groups is 1. The van der Waals surface area contributed by atoms with Crippen LogP contribution in [0.25, 0.3) is 0 Å². The summed E-state index contributed by atoms with van der Waals surface area (Å²) in [6.45, 7) is 5.55. The van der Waals surface area contributed by atoms with Gasteiger partial charge in [-0.05, 0) is 42.8 Å². The fourth-order valence-corrected chi connectivity index (χ4v) is 4.11. The molecular formula is C25H30ClN7O2. The maximum Gasteiger partial charge on any atom is 0.319 e. The van der Waals surface area contributed by atoms with Gasteiger partial charge < -0.3 is 20.9 Å². The van der Waals surface area contributed by atoms with Crippen LogP contribution in [0.15, 0.2) is 54.7 Å². The predicted molar refractivity (Wildman–Crippen MR) is 138 cm³/mol. The summed E-state index contributed by atoms with van der Waals surface area (Å²) in [6, 6.07) is 14.9. The van der Waals surface area contributed by atoms with Gasteiger partial charge in [0.15, 0.2) is 0 Å². The molecule has 3 aromatic rings. The number of rotatable bonds is 8. The molecule has 184 valence electrons. The Morgan fingerprint density at radius 1 is 1.03 bits per heavy atom. The zero-order chi connectivity index (χ0) is 24.6. The van der Waals surface area contributed by atoms with Crippen molar-refractivity contribution >= 4 is 34.9 Å². The molecule has 9 nitrogen and oxygen atoms in total. The zero-order valence-corrected chi connectivity index (χ0v) is 20.4. The Labute approximate surface area is 209 Å². The van der Waals surface area contributed by atoms with Crippen molar-refractivity contribution in [2.24, 2.45) is 0 Å². The molecule has 10 heteroatoms. The maximum absolute atomic E-state index is 12.8. The number of aromatic amines is 1. The highest BCUT2D eigenvalue weighted by molar-refractivity contribution is 6.31. The SMILES string of the molecule is CN1CCN(Cc2ccc(NC(=O)c3[nH]ncc3NC(=O)NCCc3ccccc3Cl)cc2)CC1. The summed E-state index contributed by atoms with van der Waals surface area (Å²) >= 11 is 6.15. The minimum Gasteiger partial charge on any atom is -0.338 e. The number of hydrogen-bond acceptors (Lipinski definition) is 5. The van der Waals surface area contributed by atoms with Crippen LogP contribution in [0.2, 0.25) is 5.02 Å². The summed E-state index contributed by atoms with van der Waals surface area (Å²) in [5.41, 5.74) is 3.29. The number of anilines is 2. The first kappa shape index (κ1) is 24.7. The van der Waals surface area contributed by atoms with E-state index < -0.39 is 6.03 Å².